The Balaban J connectivity index is 1.61. The van der Waals surface area contributed by atoms with Crippen LogP contribution in [-0.2, 0) is 9.47 Å². The number of piperidine rings is 1. The minimum Gasteiger partial charge on any atom is -0.385 e. The Kier molecular flexibility index (Phi) is 10.3. The van der Waals surface area contributed by atoms with Crippen molar-refractivity contribution in [3.05, 3.63) is 0 Å². The van der Waals surface area contributed by atoms with Gasteiger partial charge >= 0.3 is 0 Å². The molecule has 2 aliphatic rings. The standard InChI is InChI=1S/C19H39N5O2/c1-20-19(21-8-13-23-10-4-9-22(2)14-15-23)24-11-6-18(7-12-24)26-17-5-16-25-3/h18H,4-17H2,1-3H3,(H,20,21). The van der Waals surface area contributed by atoms with Gasteiger partial charge < -0.3 is 29.5 Å². The molecule has 0 bridgehead atoms. The molecule has 0 radical (unpaired) electrons. The Labute approximate surface area is 159 Å². The van der Waals surface area contributed by atoms with Gasteiger partial charge in [0, 0.05) is 66.6 Å². The van der Waals surface area contributed by atoms with Crippen LogP contribution in [0.5, 0.6) is 0 Å². The molecule has 1 N–H and O–H groups in total. The first-order valence-electron chi connectivity index (χ1n) is 10.2. The Morgan fingerprint density at radius 3 is 2.62 bits per heavy atom. The van der Waals surface area contributed by atoms with Crippen LogP contribution < -0.4 is 5.32 Å². The molecule has 152 valence electrons. The number of hydrogen-bond acceptors (Lipinski definition) is 5. The lowest BCUT2D eigenvalue weighted by Crippen LogP contribution is -2.48. The van der Waals surface area contributed by atoms with Gasteiger partial charge in [0.2, 0.25) is 0 Å². The number of methoxy groups -OCH3 is 1. The quantitative estimate of drug-likeness (QED) is 0.387. The molecule has 2 rings (SSSR count). The van der Waals surface area contributed by atoms with Gasteiger partial charge in [0.25, 0.3) is 0 Å². The number of guanidine groups is 1. The fourth-order valence-electron chi connectivity index (χ4n) is 3.67. The zero-order valence-electron chi connectivity index (χ0n) is 17.1. The number of ether oxygens (including phenoxy) is 2. The van der Waals surface area contributed by atoms with E-state index in [4.69, 9.17) is 9.47 Å². The van der Waals surface area contributed by atoms with Gasteiger partial charge in [-0.05, 0) is 45.8 Å². The summed E-state index contributed by atoms with van der Waals surface area (Å²) in [5, 5.41) is 3.56. The SMILES string of the molecule is CN=C(NCCN1CCCN(C)CC1)N1CCC(OCCCOC)CC1. The fraction of sp³-hybridized carbons (Fsp3) is 0.947. The average Bonchev–Trinajstić information content (AvgIpc) is 2.87. The first-order chi connectivity index (χ1) is 12.7. The summed E-state index contributed by atoms with van der Waals surface area (Å²) in [5.41, 5.74) is 0. The van der Waals surface area contributed by atoms with Crippen molar-refractivity contribution >= 4 is 5.96 Å². The third kappa shape index (κ3) is 7.78. The van der Waals surface area contributed by atoms with Crippen LogP contribution >= 0.6 is 0 Å². The van der Waals surface area contributed by atoms with E-state index in [0.29, 0.717) is 6.10 Å². The molecule has 7 heteroatoms. The first-order valence-corrected chi connectivity index (χ1v) is 10.2. The monoisotopic (exact) mass is 369 g/mol. The van der Waals surface area contributed by atoms with Gasteiger partial charge in [0.1, 0.15) is 0 Å². The van der Waals surface area contributed by atoms with Crippen molar-refractivity contribution in [2.45, 2.75) is 31.8 Å². The Morgan fingerprint density at radius 1 is 1.08 bits per heavy atom. The van der Waals surface area contributed by atoms with Gasteiger partial charge in [-0.15, -0.1) is 0 Å². The van der Waals surface area contributed by atoms with Crippen molar-refractivity contribution in [1.29, 1.82) is 0 Å². The Bertz CT molecular complexity index is 399. The van der Waals surface area contributed by atoms with E-state index in [-0.39, 0.29) is 0 Å². The van der Waals surface area contributed by atoms with Crippen molar-refractivity contribution in [1.82, 2.24) is 20.0 Å². The molecule has 0 aliphatic carbocycles. The van der Waals surface area contributed by atoms with E-state index >= 15 is 0 Å². The number of nitrogens with one attached hydrogen (secondary N) is 1. The highest BCUT2D eigenvalue weighted by Crippen LogP contribution is 2.14. The molecule has 7 nitrogen and oxygen atoms in total. The summed E-state index contributed by atoms with van der Waals surface area (Å²) in [7, 11) is 5.84. The molecular weight excluding hydrogens is 330 g/mol. The van der Waals surface area contributed by atoms with E-state index in [0.717, 1.165) is 64.6 Å². The van der Waals surface area contributed by atoms with Crippen molar-refractivity contribution in [2.75, 3.05) is 86.8 Å². The van der Waals surface area contributed by atoms with Crippen LogP contribution in [0, 0.1) is 0 Å². The number of likely N-dealkylation sites (tertiary alicyclic amines) is 1. The molecular formula is C19H39N5O2. The second-order valence-electron chi connectivity index (χ2n) is 7.38. The predicted molar refractivity (Wildman–Crippen MR) is 107 cm³/mol. The molecule has 2 saturated heterocycles. The summed E-state index contributed by atoms with van der Waals surface area (Å²) in [6.45, 7) is 10.4. The number of aliphatic imine (C=N–C) groups is 1. The molecule has 0 atom stereocenters. The minimum atomic E-state index is 0.385. The third-order valence-corrected chi connectivity index (χ3v) is 5.32. The van der Waals surface area contributed by atoms with Crippen molar-refractivity contribution < 1.29 is 9.47 Å². The lowest BCUT2D eigenvalue weighted by molar-refractivity contribution is 0.00990. The molecule has 0 saturated carbocycles. The average molecular weight is 370 g/mol. The highest BCUT2D eigenvalue weighted by molar-refractivity contribution is 5.79. The van der Waals surface area contributed by atoms with E-state index in [1.165, 1.54) is 32.6 Å². The Morgan fingerprint density at radius 2 is 1.88 bits per heavy atom. The molecule has 26 heavy (non-hydrogen) atoms. The molecule has 0 amide bonds. The summed E-state index contributed by atoms with van der Waals surface area (Å²) in [5.74, 6) is 1.04. The van der Waals surface area contributed by atoms with Crippen LogP contribution in [0.3, 0.4) is 0 Å². The van der Waals surface area contributed by atoms with Gasteiger partial charge in [0.15, 0.2) is 5.96 Å². The molecule has 0 spiro atoms. The van der Waals surface area contributed by atoms with E-state index in [2.05, 4.69) is 32.1 Å². The molecule has 0 aromatic heterocycles. The largest absolute Gasteiger partial charge is 0.385 e. The number of hydrogen-bond donors (Lipinski definition) is 1. The van der Waals surface area contributed by atoms with Gasteiger partial charge in [0.05, 0.1) is 6.10 Å². The molecule has 2 heterocycles. The summed E-state index contributed by atoms with van der Waals surface area (Å²) >= 11 is 0. The molecule has 0 unspecified atom stereocenters. The fourth-order valence-corrected chi connectivity index (χ4v) is 3.67. The van der Waals surface area contributed by atoms with Gasteiger partial charge in [-0.2, -0.15) is 0 Å². The zero-order chi connectivity index (χ0) is 18.6. The topological polar surface area (TPSA) is 52.6 Å². The van der Waals surface area contributed by atoms with Gasteiger partial charge in [-0.3, -0.25) is 4.99 Å². The summed E-state index contributed by atoms with van der Waals surface area (Å²) < 4.78 is 11.0. The second kappa shape index (κ2) is 12.5. The maximum absolute atomic E-state index is 5.95. The smallest absolute Gasteiger partial charge is 0.193 e. The zero-order valence-corrected chi connectivity index (χ0v) is 17.1. The van der Waals surface area contributed by atoms with Crippen LogP contribution in [0.2, 0.25) is 0 Å². The van der Waals surface area contributed by atoms with Crippen LogP contribution in [0.4, 0.5) is 0 Å². The predicted octanol–water partition coefficient (Wildman–Crippen LogP) is 0.717. The van der Waals surface area contributed by atoms with E-state index in [9.17, 15) is 0 Å². The number of likely N-dealkylation sites (N-methyl/N-ethyl adjacent to an activating group) is 1. The van der Waals surface area contributed by atoms with Crippen LogP contribution in [0.15, 0.2) is 4.99 Å². The third-order valence-electron chi connectivity index (χ3n) is 5.32. The van der Waals surface area contributed by atoms with Crippen LogP contribution in [0.1, 0.15) is 25.7 Å². The minimum absolute atomic E-state index is 0.385. The number of rotatable bonds is 8. The van der Waals surface area contributed by atoms with Crippen LogP contribution in [-0.4, -0.2) is 114 Å². The lowest BCUT2D eigenvalue weighted by Gasteiger charge is -2.34. The summed E-state index contributed by atoms with van der Waals surface area (Å²) in [6, 6.07) is 0. The van der Waals surface area contributed by atoms with E-state index < -0.39 is 0 Å². The highest BCUT2D eigenvalue weighted by Gasteiger charge is 2.22. The second-order valence-corrected chi connectivity index (χ2v) is 7.38. The molecule has 0 aromatic rings. The van der Waals surface area contributed by atoms with E-state index in [1.54, 1.807) is 7.11 Å². The van der Waals surface area contributed by atoms with Crippen molar-refractivity contribution in [3.8, 4) is 0 Å². The number of nitrogens with zero attached hydrogens (tertiary/aromatic N) is 4. The van der Waals surface area contributed by atoms with Crippen molar-refractivity contribution in [2.24, 2.45) is 4.99 Å². The maximum atomic E-state index is 5.95. The highest BCUT2D eigenvalue weighted by atomic mass is 16.5. The summed E-state index contributed by atoms with van der Waals surface area (Å²) in [6.07, 6.45) is 4.78. The first kappa shape index (κ1) is 21.4. The molecule has 2 aliphatic heterocycles. The molecule has 2 fully saturated rings. The maximum Gasteiger partial charge on any atom is 0.193 e. The Hall–Kier alpha value is -0.890. The normalized spacial score (nSPS) is 21.8. The lowest BCUT2D eigenvalue weighted by atomic mass is 10.1. The van der Waals surface area contributed by atoms with Crippen molar-refractivity contribution in [3.63, 3.8) is 0 Å². The summed E-state index contributed by atoms with van der Waals surface area (Å²) in [4.78, 5) is 11.8. The molecule has 0 aromatic carbocycles. The van der Waals surface area contributed by atoms with Gasteiger partial charge in [-0.25, -0.2) is 0 Å². The van der Waals surface area contributed by atoms with E-state index in [1.807, 2.05) is 7.05 Å². The van der Waals surface area contributed by atoms with Gasteiger partial charge in [-0.1, -0.05) is 0 Å². The van der Waals surface area contributed by atoms with Crippen LogP contribution in [0.25, 0.3) is 0 Å².